The molecule has 4 heteroatoms. The van der Waals surface area contributed by atoms with Gasteiger partial charge in [0.1, 0.15) is 0 Å². The molecule has 0 radical (unpaired) electrons. The van der Waals surface area contributed by atoms with Crippen LogP contribution in [0.15, 0.2) is 0 Å². The Morgan fingerprint density at radius 2 is 1.40 bits per heavy atom. The first-order valence-electron chi connectivity index (χ1n) is 0.651. The molecule has 0 amide bonds. The van der Waals surface area contributed by atoms with Crippen LogP contribution in [-0.2, 0) is 0 Å². The molecular weight excluding hydrogens is 200 g/mol. The summed E-state index contributed by atoms with van der Waals surface area (Å²) in [4.78, 5) is 8.56. The Bertz CT molecular complexity index is 29.9. The van der Waals surface area contributed by atoms with Crippen LogP contribution >= 0.6 is 0 Å². The zero-order chi connectivity index (χ0) is 3.58. The van der Waals surface area contributed by atoms with Gasteiger partial charge in [0.2, 0.25) is 0 Å². The summed E-state index contributed by atoms with van der Waals surface area (Å²) >= 11 is 0. The summed E-state index contributed by atoms with van der Waals surface area (Å²) in [6.07, 6.45) is -1.83. The van der Waals surface area contributed by atoms with E-state index in [0.717, 1.165) is 0 Å². The second kappa shape index (κ2) is 4.65. The van der Waals surface area contributed by atoms with E-state index in [2.05, 4.69) is 0 Å². The molecule has 0 bridgehead atoms. The molecule has 5 heavy (non-hydrogen) atoms. The van der Waals surface area contributed by atoms with Crippen LogP contribution in [0.25, 0.3) is 0 Å². The van der Waals surface area contributed by atoms with E-state index in [1.54, 1.807) is 0 Å². The molecule has 0 saturated carbocycles. The van der Waals surface area contributed by atoms with Crippen molar-refractivity contribution < 1.29 is 56.8 Å². The summed E-state index contributed by atoms with van der Waals surface area (Å²) in [5.41, 5.74) is 0. The molecule has 0 aromatic rings. The van der Waals surface area contributed by atoms with E-state index in [1.807, 2.05) is 0 Å². The monoisotopic (exact) mass is 202 g/mol. The van der Waals surface area contributed by atoms with Crippen molar-refractivity contribution in [3.05, 3.63) is 0 Å². The van der Waals surface area contributed by atoms with E-state index in [4.69, 9.17) is 15.0 Å². The third-order valence-electron chi connectivity index (χ3n) is 0. The molecule has 0 heterocycles. The molecule has 0 aliphatic heterocycles. The van der Waals surface area contributed by atoms with Crippen LogP contribution in [0.2, 0.25) is 0 Å². The Morgan fingerprint density at radius 3 is 1.40 bits per heavy atom. The first-order chi connectivity index (χ1) is 1.73. The van der Waals surface area contributed by atoms with Crippen LogP contribution in [0.4, 0.5) is 4.79 Å². The maximum atomic E-state index is 8.56. The minimum atomic E-state index is -1.83. The summed E-state index contributed by atoms with van der Waals surface area (Å²) in [5, 5.41) is 13.9. The molecule has 2 N–H and O–H groups in total. The molecule has 0 unspecified atom stereocenters. The van der Waals surface area contributed by atoms with E-state index in [-0.39, 0.29) is 41.7 Å². The maximum Gasteiger partial charge on any atom is 0.503 e. The summed E-state index contributed by atoms with van der Waals surface area (Å²) in [6, 6.07) is 0. The van der Waals surface area contributed by atoms with Gasteiger partial charge in [-0.05, 0) is 0 Å². The Hall–Kier alpha value is 0.647. The molecule has 0 rings (SSSR count). The average Bonchev–Trinajstić information content (AvgIpc) is 0.811. The zero-order valence-electron chi connectivity index (χ0n) is 2.30. The Morgan fingerprint density at radius 1 is 1.40 bits per heavy atom. The number of carboxylic acid groups (broad SMARTS) is 2. The van der Waals surface area contributed by atoms with Crippen LogP contribution in [0.5, 0.6) is 0 Å². The van der Waals surface area contributed by atoms with Crippen molar-refractivity contribution in [3.8, 4) is 0 Å². The smallest absolute Gasteiger partial charge is 0.450 e. The van der Waals surface area contributed by atoms with Gasteiger partial charge in [0.05, 0.1) is 0 Å². The molecule has 3 nitrogen and oxygen atoms in total. The molecule has 0 atom stereocenters. The Balaban J connectivity index is 0. The van der Waals surface area contributed by atoms with Crippen molar-refractivity contribution in [2.45, 2.75) is 0 Å². The fraction of sp³-hybridized carbons (Fsp3) is 0. The Labute approximate surface area is 62.4 Å². The number of hydrogen-bond acceptors (Lipinski definition) is 1. The fourth-order valence-corrected chi connectivity index (χ4v) is 0. The van der Waals surface area contributed by atoms with E-state index < -0.39 is 6.16 Å². The summed E-state index contributed by atoms with van der Waals surface area (Å²) in [6.45, 7) is 0. The van der Waals surface area contributed by atoms with Crippen LogP contribution in [0, 0.1) is 41.7 Å². The van der Waals surface area contributed by atoms with Gasteiger partial charge in [0.15, 0.2) is 0 Å². The second-order valence-corrected chi connectivity index (χ2v) is 0.283. The first-order valence-corrected chi connectivity index (χ1v) is 0.651. The molecule has 0 spiro atoms. The molecule has 0 aliphatic carbocycles. The van der Waals surface area contributed by atoms with E-state index in [9.17, 15) is 0 Å². The Kier molecular flexibility index (Phi) is 8.52. The predicted octanol–water partition coefficient (Wildman–Crippen LogP) is 0.222. The molecular formula is CH2CeO3. The van der Waals surface area contributed by atoms with Gasteiger partial charge in [0.25, 0.3) is 0 Å². The number of rotatable bonds is 0. The topological polar surface area (TPSA) is 57.5 Å². The van der Waals surface area contributed by atoms with Crippen molar-refractivity contribution in [2.75, 3.05) is 0 Å². The second-order valence-electron chi connectivity index (χ2n) is 0.283. The predicted molar refractivity (Wildman–Crippen MR) is 10.7 cm³/mol. The average molecular weight is 202 g/mol. The normalized spacial score (nSPS) is 4.80. The van der Waals surface area contributed by atoms with Crippen LogP contribution in [0.1, 0.15) is 0 Å². The largest absolute Gasteiger partial charge is 0.503 e. The van der Waals surface area contributed by atoms with Crippen LogP contribution in [0.3, 0.4) is 0 Å². The van der Waals surface area contributed by atoms with Gasteiger partial charge in [-0.2, -0.15) is 0 Å². The minimum absolute atomic E-state index is 0. The van der Waals surface area contributed by atoms with E-state index >= 15 is 0 Å². The van der Waals surface area contributed by atoms with Gasteiger partial charge in [-0.1, -0.05) is 0 Å². The van der Waals surface area contributed by atoms with Gasteiger partial charge >= 0.3 is 6.16 Å². The van der Waals surface area contributed by atoms with Crippen molar-refractivity contribution in [1.82, 2.24) is 0 Å². The van der Waals surface area contributed by atoms with Gasteiger partial charge in [0, 0.05) is 41.7 Å². The van der Waals surface area contributed by atoms with Gasteiger partial charge in [-0.3, -0.25) is 0 Å². The van der Waals surface area contributed by atoms with Gasteiger partial charge in [-0.15, -0.1) is 0 Å². The third kappa shape index (κ3) is 77.8. The van der Waals surface area contributed by atoms with Crippen molar-refractivity contribution in [1.29, 1.82) is 0 Å². The van der Waals surface area contributed by atoms with Crippen molar-refractivity contribution >= 4 is 6.16 Å². The first kappa shape index (κ1) is 9.17. The van der Waals surface area contributed by atoms with E-state index in [0.29, 0.717) is 0 Å². The zero-order valence-corrected chi connectivity index (χ0v) is 5.44. The summed E-state index contributed by atoms with van der Waals surface area (Å²) < 4.78 is 0. The molecule has 28 valence electrons. The quantitative estimate of drug-likeness (QED) is 0.590. The maximum absolute atomic E-state index is 8.56. The summed E-state index contributed by atoms with van der Waals surface area (Å²) in [7, 11) is 0. The molecule has 0 aliphatic rings. The van der Waals surface area contributed by atoms with Crippen molar-refractivity contribution in [3.63, 3.8) is 0 Å². The SMILES string of the molecule is O=C(O)O.[Ce]. The fourth-order valence-electron chi connectivity index (χ4n) is 0. The minimum Gasteiger partial charge on any atom is -0.450 e. The van der Waals surface area contributed by atoms with Gasteiger partial charge in [-0.25, -0.2) is 4.79 Å². The van der Waals surface area contributed by atoms with Crippen LogP contribution < -0.4 is 0 Å². The molecule has 0 saturated heterocycles. The van der Waals surface area contributed by atoms with Crippen molar-refractivity contribution in [2.24, 2.45) is 0 Å². The van der Waals surface area contributed by atoms with Crippen LogP contribution in [-0.4, -0.2) is 16.4 Å². The number of carbonyl (C=O) groups is 1. The molecule has 0 fully saturated rings. The summed E-state index contributed by atoms with van der Waals surface area (Å²) in [5.74, 6) is 0. The number of hydrogen-bond donors (Lipinski definition) is 2. The van der Waals surface area contributed by atoms with Gasteiger partial charge < -0.3 is 10.2 Å². The van der Waals surface area contributed by atoms with E-state index in [1.165, 1.54) is 0 Å². The standard InChI is InChI=1S/CH2O3.Ce/c2-1(3)4;/h(H2,2,3,4);. The molecule has 0 aromatic carbocycles. The third-order valence-corrected chi connectivity index (χ3v) is 0. The molecule has 0 aromatic heterocycles.